The minimum Gasteiger partial charge on any atom is -0.391 e. The Morgan fingerprint density at radius 1 is 0.845 bits per heavy atom. The molecule has 1 aliphatic heterocycles. The summed E-state index contributed by atoms with van der Waals surface area (Å²) in [5.41, 5.74) is 11.2. The van der Waals surface area contributed by atoms with Crippen LogP contribution in [0.25, 0.3) is 10.4 Å². The maximum absolute atomic E-state index is 13.9. The third-order valence-corrected chi connectivity index (χ3v) is 11.3. The fourth-order valence-corrected chi connectivity index (χ4v) is 7.67. The number of benzene rings is 2. The normalized spacial score (nSPS) is 15.8. The number of rotatable bonds is 22. The van der Waals surface area contributed by atoms with Crippen LogP contribution in [-0.2, 0) is 32.3 Å². The molecule has 1 aliphatic rings. The number of thiazole rings is 1. The fraction of sp³-hybridized carbons (Fsp3) is 0.545. The molecule has 0 spiro atoms. The molecule has 4 rings (SSSR count). The molecule has 3 aromatic rings. The third kappa shape index (κ3) is 14.6. The number of β-amino-alcohol motifs (C(OH)–C–C–N with tert-alkyl or cyclic N) is 1. The summed E-state index contributed by atoms with van der Waals surface area (Å²) in [4.78, 5) is 72.0. The monoisotopic (exact) mass is 817 g/mol. The predicted molar refractivity (Wildman–Crippen MR) is 227 cm³/mol. The predicted octanol–water partition coefficient (Wildman–Crippen LogP) is 5.70. The van der Waals surface area contributed by atoms with Gasteiger partial charge in [-0.25, -0.2) is 10.4 Å². The number of amides is 5. The third-order valence-electron chi connectivity index (χ3n) is 10.3. The van der Waals surface area contributed by atoms with Crippen molar-refractivity contribution in [2.45, 2.75) is 137 Å². The van der Waals surface area contributed by atoms with Crippen molar-refractivity contribution in [2.75, 3.05) is 13.1 Å². The van der Waals surface area contributed by atoms with Gasteiger partial charge in [0.15, 0.2) is 0 Å². The first-order valence-electron chi connectivity index (χ1n) is 20.7. The van der Waals surface area contributed by atoms with E-state index in [9.17, 15) is 29.1 Å². The molecule has 0 saturated carbocycles. The molecule has 0 bridgehead atoms. The Morgan fingerprint density at radius 2 is 1.47 bits per heavy atom. The highest BCUT2D eigenvalue weighted by atomic mass is 32.1. The number of likely N-dealkylation sites (tertiary alicyclic amines) is 1. The van der Waals surface area contributed by atoms with E-state index < -0.39 is 29.5 Å². The first-order valence-corrected chi connectivity index (χ1v) is 21.6. The van der Waals surface area contributed by atoms with E-state index >= 15 is 0 Å². The Balaban J connectivity index is 1.14. The van der Waals surface area contributed by atoms with E-state index in [1.54, 1.807) is 23.5 Å². The summed E-state index contributed by atoms with van der Waals surface area (Å²) in [6, 6.07) is 13.3. The Hall–Kier alpha value is -4.66. The Labute approximate surface area is 347 Å². The topological polar surface area (TPSA) is 182 Å². The first-order chi connectivity index (χ1) is 27.8. The summed E-state index contributed by atoms with van der Waals surface area (Å²) in [5, 5.41) is 19.3. The number of nitrogens with zero attached hydrogens (tertiary/aromatic N) is 2. The van der Waals surface area contributed by atoms with Crippen LogP contribution < -0.4 is 26.8 Å². The molecular weight excluding hydrogens is 755 g/mol. The molecule has 1 fully saturated rings. The number of hydrogen-bond donors (Lipinski definition) is 6. The summed E-state index contributed by atoms with van der Waals surface area (Å²) in [7, 11) is 0. The summed E-state index contributed by atoms with van der Waals surface area (Å²) in [5.74, 6) is -1.26. The number of nitrogens with one attached hydrogen (secondary N) is 5. The highest BCUT2D eigenvalue weighted by Crippen LogP contribution is 2.28. The summed E-state index contributed by atoms with van der Waals surface area (Å²) >= 11 is 1.58. The van der Waals surface area contributed by atoms with E-state index in [0.717, 1.165) is 59.5 Å². The molecule has 6 N–H and O–H groups in total. The van der Waals surface area contributed by atoms with Crippen molar-refractivity contribution in [2.24, 2.45) is 5.41 Å². The quantitative estimate of drug-likeness (QED) is 0.0552. The zero-order valence-electron chi connectivity index (χ0n) is 34.8. The molecule has 0 unspecified atom stereocenters. The van der Waals surface area contributed by atoms with Gasteiger partial charge in [0.1, 0.15) is 12.1 Å². The van der Waals surface area contributed by atoms with Crippen LogP contribution in [0.3, 0.4) is 0 Å². The highest BCUT2D eigenvalue weighted by molar-refractivity contribution is 7.13. The van der Waals surface area contributed by atoms with Gasteiger partial charge in [0.25, 0.3) is 5.91 Å². The number of aromatic nitrogens is 1. The molecule has 14 heteroatoms. The van der Waals surface area contributed by atoms with Crippen molar-refractivity contribution in [1.82, 2.24) is 36.7 Å². The number of unbranched alkanes of at least 4 members (excludes halogenated alkanes) is 6. The van der Waals surface area contributed by atoms with Gasteiger partial charge in [-0.05, 0) is 60.4 Å². The number of aryl methyl sites for hydroxylation is 1. The van der Waals surface area contributed by atoms with E-state index in [1.165, 1.54) is 17.7 Å². The van der Waals surface area contributed by atoms with Crippen molar-refractivity contribution in [3.05, 3.63) is 76.4 Å². The van der Waals surface area contributed by atoms with Crippen LogP contribution in [0.5, 0.6) is 0 Å². The lowest BCUT2D eigenvalue weighted by Crippen LogP contribution is -2.57. The molecular formula is C44H63N7O6S. The fourth-order valence-electron chi connectivity index (χ4n) is 6.86. The molecule has 58 heavy (non-hydrogen) atoms. The lowest BCUT2D eigenvalue weighted by Gasteiger charge is -2.35. The van der Waals surface area contributed by atoms with Crippen LogP contribution in [0.1, 0.15) is 126 Å². The molecule has 1 aromatic heterocycles. The number of carbonyl (C=O) groups excluding carboxylic acids is 5. The Morgan fingerprint density at radius 3 is 2.09 bits per heavy atom. The largest absolute Gasteiger partial charge is 0.391 e. The first kappa shape index (κ1) is 46.0. The molecule has 5 amide bonds. The van der Waals surface area contributed by atoms with Gasteiger partial charge < -0.3 is 26.0 Å². The zero-order valence-corrected chi connectivity index (χ0v) is 35.6. The molecule has 3 atom stereocenters. The summed E-state index contributed by atoms with van der Waals surface area (Å²) < 4.78 is 0. The summed E-state index contributed by atoms with van der Waals surface area (Å²) in [6.45, 7) is 11.1. The standard InChI is InChI=1S/C44H63N7O6S/c1-6-7-8-13-24-48-50-41(55)34-22-18-31(19-23-34)26-45-37(53)14-11-9-10-12-15-38(54)49-40(44(3,4)5)43(57)51-28-35(52)25-36(51)42(56)46-27-32-16-20-33(21-17-32)39-30(2)47-29-58-39/h16-23,29,35-36,40,48,52H,6-15,24-28H2,1-5H3,(H,45,53)(H,46,56)(H,49,54)(H,50,55)/t35-,36+,40-/m1/s1. The molecule has 1 saturated heterocycles. The Kier molecular flexibility index (Phi) is 18.3. The van der Waals surface area contributed by atoms with Crippen molar-refractivity contribution in [3.8, 4) is 10.4 Å². The summed E-state index contributed by atoms with van der Waals surface area (Å²) in [6.07, 6.45) is 7.17. The van der Waals surface area contributed by atoms with E-state index in [-0.39, 0.29) is 49.6 Å². The maximum Gasteiger partial charge on any atom is 0.265 e. The van der Waals surface area contributed by atoms with Gasteiger partial charge in [-0.1, -0.05) is 96.2 Å². The minimum atomic E-state index is -0.887. The van der Waals surface area contributed by atoms with Crippen molar-refractivity contribution in [1.29, 1.82) is 0 Å². The van der Waals surface area contributed by atoms with Gasteiger partial charge in [0.05, 0.1) is 22.2 Å². The lowest BCUT2D eigenvalue weighted by molar-refractivity contribution is -0.144. The van der Waals surface area contributed by atoms with Gasteiger partial charge >= 0.3 is 0 Å². The average molecular weight is 818 g/mol. The number of hydrazine groups is 1. The van der Waals surface area contributed by atoms with Crippen LogP contribution in [0.15, 0.2) is 54.0 Å². The zero-order chi connectivity index (χ0) is 42.1. The van der Waals surface area contributed by atoms with Crippen LogP contribution >= 0.6 is 11.3 Å². The van der Waals surface area contributed by atoms with Crippen molar-refractivity contribution < 1.29 is 29.1 Å². The molecule has 2 heterocycles. The van der Waals surface area contributed by atoms with E-state index in [0.29, 0.717) is 31.4 Å². The molecule has 13 nitrogen and oxygen atoms in total. The average Bonchev–Trinajstić information content (AvgIpc) is 3.82. The molecule has 0 radical (unpaired) electrons. The van der Waals surface area contributed by atoms with Gasteiger partial charge in [-0.3, -0.25) is 29.4 Å². The molecule has 0 aliphatic carbocycles. The van der Waals surface area contributed by atoms with E-state index in [1.807, 2.05) is 69.6 Å². The van der Waals surface area contributed by atoms with Gasteiger partial charge in [-0.15, -0.1) is 11.3 Å². The second-order valence-corrected chi connectivity index (χ2v) is 17.1. The van der Waals surface area contributed by atoms with Crippen LogP contribution in [0.4, 0.5) is 0 Å². The minimum absolute atomic E-state index is 0.0120. The lowest BCUT2D eigenvalue weighted by atomic mass is 9.85. The van der Waals surface area contributed by atoms with Gasteiger partial charge in [0.2, 0.25) is 23.6 Å². The Bertz CT molecular complexity index is 1790. The number of aliphatic hydroxyl groups excluding tert-OH is 1. The molecule has 316 valence electrons. The second kappa shape index (κ2) is 23.1. The highest BCUT2D eigenvalue weighted by Gasteiger charge is 2.44. The number of carbonyl (C=O) groups is 5. The van der Waals surface area contributed by atoms with Gasteiger partial charge in [0, 0.05) is 51.0 Å². The van der Waals surface area contributed by atoms with Crippen molar-refractivity contribution in [3.63, 3.8) is 0 Å². The van der Waals surface area contributed by atoms with Crippen LogP contribution in [0, 0.1) is 12.3 Å². The van der Waals surface area contributed by atoms with Crippen LogP contribution in [0.2, 0.25) is 0 Å². The number of aliphatic hydroxyl groups is 1. The second-order valence-electron chi connectivity index (χ2n) is 16.3. The van der Waals surface area contributed by atoms with E-state index in [2.05, 4.69) is 38.7 Å². The smallest absolute Gasteiger partial charge is 0.265 e. The van der Waals surface area contributed by atoms with Crippen LogP contribution in [-0.4, -0.2) is 75.8 Å². The van der Waals surface area contributed by atoms with E-state index in [4.69, 9.17) is 0 Å². The maximum atomic E-state index is 13.9. The molecule has 2 aromatic carbocycles. The SMILES string of the molecule is CCCCCCNNC(=O)c1ccc(CNC(=O)CCCCCCC(=O)N[C@H](C(=O)N2C[C@H](O)C[C@H]2C(=O)NCc2ccc(-c3scnc3C)cc2)C(C)(C)C)cc1. The van der Waals surface area contributed by atoms with Gasteiger partial charge in [-0.2, -0.15) is 0 Å². The number of hydrogen-bond acceptors (Lipinski definition) is 9. The van der Waals surface area contributed by atoms with Crippen molar-refractivity contribution >= 4 is 40.9 Å².